The maximum Gasteiger partial charge on any atom is 0.234 e. The fraction of sp³-hybridized carbons (Fsp3) is 0.900. The number of amides is 1. The van der Waals surface area contributed by atoms with E-state index in [9.17, 15) is 4.79 Å². The Hall–Kier alpha value is -0.260. The summed E-state index contributed by atoms with van der Waals surface area (Å²) in [5.41, 5.74) is 0. The number of hydrogen-bond acceptors (Lipinski definition) is 4. The highest BCUT2D eigenvalue weighted by Gasteiger charge is 2.14. The van der Waals surface area contributed by atoms with E-state index < -0.39 is 0 Å². The molecule has 1 amide bonds. The van der Waals surface area contributed by atoms with Crippen molar-refractivity contribution in [2.45, 2.75) is 13.0 Å². The van der Waals surface area contributed by atoms with E-state index in [-0.39, 0.29) is 11.9 Å². The van der Waals surface area contributed by atoms with Crippen LogP contribution in [0.5, 0.6) is 0 Å². The fourth-order valence-corrected chi connectivity index (χ4v) is 2.55. The molecule has 1 rings (SSSR count). The van der Waals surface area contributed by atoms with Crippen LogP contribution in [0.3, 0.4) is 0 Å². The number of ether oxygens (including phenoxy) is 1. The van der Waals surface area contributed by atoms with E-state index >= 15 is 0 Å². The van der Waals surface area contributed by atoms with Gasteiger partial charge in [-0.3, -0.25) is 9.69 Å². The number of carbonyl (C=O) groups is 1. The van der Waals surface area contributed by atoms with Gasteiger partial charge in [-0.1, -0.05) is 0 Å². The first-order chi connectivity index (χ1) is 7.22. The molecule has 0 aromatic carbocycles. The van der Waals surface area contributed by atoms with E-state index in [4.69, 9.17) is 4.74 Å². The smallest absolute Gasteiger partial charge is 0.234 e. The van der Waals surface area contributed by atoms with Gasteiger partial charge in [0.1, 0.15) is 0 Å². The topological polar surface area (TPSA) is 41.6 Å². The zero-order valence-corrected chi connectivity index (χ0v) is 10.3. The second-order valence-corrected chi connectivity index (χ2v) is 5.04. The Morgan fingerprint density at radius 3 is 2.80 bits per heavy atom. The summed E-state index contributed by atoms with van der Waals surface area (Å²) in [6, 6.07) is 0.0988. The van der Waals surface area contributed by atoms with Gasteiger partial charge in [-0.25, -0.2) is 0 Å². The molecule has 88 valence electrons. The third-order valence-corrected chi connectivity index (χ3v) is 3.24. The molecule has 1 aliphatic heterocycles. The summed E-state index contributed by atoms with van der Waals surface area (Å²) in [4.78, 5) is 13.8. The standard InChI is InChI=1S/C10H20N2O2S/c1-9(8-14-2)11-10(13)7-12-3-5-15-6-4-12/h9H,3-8H2,1-2H3,(H,11,13)/t9-/m1/s1. The Bertz CT molecular complexity index is 196. The normalized spacial score (nSPS) is 19.9. The lowest BCUT2D eigenvalue weighted by Gasteiger charge is -2.26. The molecule has 0 radical (unpaired) electrons. The van der Waals surface area contributed by atoms with Crippen LogP contribution >= 0.6 is 11.8 Å². The first kappa shape index (κ1) is 12.8. The molecule has 1 N–H and O–H groups in total. The van der Waals surface area contributed by atoms with Crippen molar-refractivity contribution in [1.29, 1.82) is 0 Å². The molecule has 0 aromatic rings. The third kappa shape index (κ3) is 5.39. The van der Waals surface area contributed by atoms with Crippen LogP contribution in [0.25, 0.3) is 0 Å². The molecule has 15 heavy (non-hydrogen) atoms. The van der Waals surface area contributed by atoms with E-state index in [1.54, 1.807) is 7.11 Å². The minimum Gasteiger partial charge on any atom is -0.383 e. The van der Waals surface area contributed by atoms with Gasteiger partial charge in [0, 0.05) is 37.7 Å². The number of nitrogens with zero attached hydrogens (tertiary/aromatic N) is 1. The van der Waals surface area contributed by atoms with Gasteiger partial charge in [-0.05, 0) is 6.92 Å². The summed E-state index contributed by atoms with van der Waals surface area (Å²) in [6.07, 6.45) is 0. The lowest BCUT2D eigenvalue weighted by molar-refractivity contribution is -0.123. The Balaban J connectivity index is 2.16. The second-order valence-electron chi connectivity index (χ2n) is 3.81. The van der Waals surface area contributed by atoms with Gasteiger partial charge in [-0.15, -0.1) is 0 Å². The maximum absolute atomic E-state index is 11.6. The molecule has 0 aliphatic carbocycles. The first-order valence-electron chi connectivity index (χ1n) is 5.30. The van der Waals surface area contributed by atoms with Gasteiger partial charge in [0.15, 0.2) is 0 Å². The van der Waals surface area contributed by atoms with Crippen LogP contribution in [0.4, 0.5) is 0 Å². The number of rotatable bonds is 5. The Morgan fingerprint density at radius 1 is 1.53 bits per heavy atom. The highest BCUT2D eigenvalue weighted by Crippen LogP contribution is 2.08. The summed E-state index contributed by atoms with van der Waals surface area (Å²) < 4.78 is 4.96. The molecular formula is C10H20N2O2S. The highest BCUT2D eigenvalue weighted by molar-refractivity contribution is 7.99. The zero-order valence-electron chi connectivity index (χ0n) is 9.49. The van der Waals surface area contributed by atoms with E-state index in [0.29, 0.717) is 13.2 Å². The van der Waals surface area contributed by atoms with Crippen molar-refractivity contribution in [3.8, 4) is 0 Å². The minimum absolute atomic E-state index is 0.0988. The summed E-state index contributed by atoms with van der Waals surface area (Å²) in [7, 11) is 1.64. The van der Waals surface area contributed by atoms with Crippen molar-refractivity contribution in [1.82, 2.24) is 10.2 Å². The van der Waals surface area contributed by atoms with Crippen LogP contribution in [-0.4, -0.2) is 61.7 Å². The molecule has 0 bridgehead atoms. The Kier molecular flexibility index (Phi) is 6.05. The van der Waals surface area contributed by atoms with Crippen molar-refractivity contribution >= 4 is 17.7 Å². The zero-order chi connectivity index (χ0) is 11.1. The summed E-state index contributed by atoms with van der Waals surface area (Å²) in [5, 5.41) is 2.92. The van der Waals surface area contributed by atoms with Crippen molar-refractivity contribution in [2.24, 2.45) is 0 Å². The molecule has 1 atom stereocenters. The molecule has 1 saturated heterocycles. The Morgan fingerprint density at radius 2 is 2.20 bits per heavy atom. The largest absolute Gasteiger partial charge is 0.383 e. The third-order valence-electron chi connectivity index (χ3n) is 2.29. The predicted octanol–water partition coefficient (Wildman–Crippen LogP) is 0.186. The predicted molar refractivity (Wildman–Crippen MR) is 63.2 cm³/mol. The molecule has 0 spiro atoms. The fourth-order valence-electron chi connectivity index (χ4n) is 1.57. The lowest BCUT2D eigenvalue weighted by Crippen LogP contribution is -2.44. The average Bonchev–Trinajstić information content (AvgIpc) is 2.19. The van der Waals surface area contributed by atoms with Crippen LogP contribution < -0.4 is 5.32 Å². The van der Waals surface area contributed by atoms with Gasteiger partial charge in [0.25, 0.3) is 0 Å². The SMILES string of the molecule is COC[C@@H](C)NC(=O)CN1CCSCC1. The lowest BCUT2D eigenvalue weighted by atomic mass is 10.3. The number of thioether (sulfide) groups is 1. The second kappa shape index (κ2) is 7.09. The van der Waals surface area contributed by atoms with E-state index in [1.807, 2.05) is 18.7 Å². The molecule has 4 nitrogen and oxygen atoms in total. The first-order valence-corrected chi connectivity index (χ1v) is 6.46. The Labute approximate surface area is 95.7 Å². The minimum atomic E-state index is 0.0988. The maximum atomic E-state index is 11.6. The van der Waals surface area contributed by atoms with Crippen molar-refractivity contribution in [3.05, 3.63) is 0 Å². The van der Waals surface area contributed by atoms with E-state index in [0.717, 1.165) is 24.6 Å². The molecule has 1 aliphatic rings. The summed E-state index contributed by atoms with van der Waals surface area (Å²) in [5.74, 6) is 2.38. The van der Waals surface area contributed by atoms with Crippen LogP contribution in [0.2, 0.25) is 0 Å². The molecule has 0 saturated carbocycles. The van der Waals surface area contributed by atoms with Crippen LogP contribution in [0, 0.1) is 0 Å². The van der Waals surface area contributed by atoms with E-state index in [1.165, 1.54) is 0 Å². The molecule has 0 unspecified atom stereocenters. The molecule has 5 heteroatoms. The summed E-state index contributed by atoms with van der Waals surface area (Å²) >= 11 is 1.95. The highest BCUT2D eigenvalue weighted by atomic mass is 32.2. The molecule has 1 fully saturated rings. The average molecular weight is 232 g/mol. The van der Waals surface area contributed by atoms with Crippen molar-refractivity contribution in [3.63, 3.8) is 0 Å². The van der Waals surface area contributed by atoms with Gasteiger partial charge in [-0.2, -0.15) is 11.8 Å². The van der Waals surface area contributed by atoms with E-state index in [2.05, 4.69) is 10.2 Å². The number of nitrogens with one attached hydrogen (secondary N) is 1. The number of carbonyl (C=O) groups excluding carboxylic acids is 1. The molecular weight excluding hydrogens is 212 g/mol. The van der Waals surface area contributed by atoms with Crippen molar-refractivity contribution in [2.75, 3.05) is 44.9 Å². The monoisotopic (exact) mass is 232 g/mol. The van der Waals surface area contributed by atoms with Crippen LogP contribution in [0.15, 0.2) is 0 Å². The van der Waals surface area contributed by atoms with Crippen molar-refractivity contribution < 1.29 is 9.53 Å². The van der Waals surface area contributed by atoms with Gasteiger partial charge in [0.05, 0.1) is 13.2 Å². The molecule has 0 aromatic heterocycles. The van der Waals surface area contributed by atoms with Gasteiger partial charge < -0.3 is 10.1 Å². The molecule has 1 heterocycles. The van der Waals surface area contributed by atoms with Gasteiger partial charge >= 0.3 is 0 Å². The number of hydrogen-bond donors (Lipinski definition) is 1. The quantitative estimate of drug-likeness (QED) is 0.734. The summed E-state index contributed by atoms with van der Waals surface area (Å²) in [6.45, 7) is 5.09. The van der Waals surface area contributed by atoms with Crippen LogP contribution in [-0.2, 0) is 9.53 Å². The van der Waals surface area contributed by atoms with Gasteiger partial charge in [0.2, 0.25) is 5.91 Å². The number of methoxy groups -OCH3 is 1. The van der Waals surface area contributed by atoms with Crippen LogP contribution in [0.1, 0.15) is 6.92 Å².